The third kappa shape index (κ3) is 4.06. The number of anilines is 1. The van der Waals surface area contributed by atoms with Gasteiger partial charge in [-0.2, -0.15) is 0 Å². The quantitative estimate of drug-likeness (QED) is 0.631. The molecule has 6 heteroatoms. The number of carbonyl (C=O) groups excluding carboxylic acids is 2. The average molecular weight is 250 g/mol. The average Bonchev–Trinajstić information content (AvgIpc) is 2.28. The number of nitrogens with two attached hydrogens (primary N) is 2. The van der Waals surface area contributed by atoms with Crippen molar-refractivity contribution in [3.63, 3.8) is 0 Å². The molecule has 0 aliphatic carbocycles. The van der Waals surface area contributed by atoms with Crippen LogP contribution in [0.3, 0.4) is 0 Å². The van der Waals surface area contributed by atoms with Gasteiger partial charge in [0, 0.05) is 5.69 Å². The van der Waals surface area contributed by atoms with Crippen LogP contribution in [0.1, 0.15) is 25.5 Å². The minimum absolute atomic E-state index is 0.147. The Hall–Kier alpha value is -2.08. The minimum Gasteiger partial charge on any atom is -0.351 e. The Balaban J connectivity index is 2.67. The summed E-state index contributed by atoms with van der Waals surface area (Å²) in [6.45, 7) is 3.48. The maximum absolute atomic E-state index is 11.4. The van der Waals surface area contributed by atoms with Gasteiger partial charge in [0.05, 0.1) is 12.1 Å². The largest absolute Gasteiger partial charge is 0.351 e. The molecule has 0 saturated heterocycles. The van der Waals surface area contributed by atoms with Crippen molar-refractivity contribution in [1.82, 2.24) is 5.32 Å². The molecule has 0 aliphatic heterocycles. The summed E-state index contributed by atoms with van der Waals surface area (Å²) < 4.78 is 0. The number of urea groups is 1. The molecule has 1 aromatic rings. The highest BCUT2D eigenvalue weighted by atomic mass is 16.2. The van der Waals surface area contributed by atoms with Gasteiger partial charge in [0.2, 0.25) is 5.91 Å². The monoisotopic (exact) mass is 250 g/mol. The maximum atomic E-state index is 11.4. The zero-order valence-corrected chi connectivity index (χ0v) is 10.4. The number of rotatable bonds is 4. The van der Waals surface area contributed by atoms with E-state index >= 15 is 0 Å². The van der Waals surface area contributed by atoms with Crippen molar-refractivity contribution in [2.45, 2.75) is 25.9 Å². The predicted molar refractivity (Wildman–Crippen MR) is 69.9 cm³/mol. The van der Waals surface area contributed by atoms with Gasteiger partial charge in [0.25, 0.3) is 0 Å². The van der Waals surface area contributed by atoms with Gasteiger partial charge in [0.15, 0.2) is 0 Å². The van der Waals surface area contributed by atoms with Crippen LogP contribution in [0.4, 0.5) is 10.5 Å². The van der Waals surface area contributed by atoms with E-state index in [1.165, 1.54) is 0 Å². The van der Waals surface area contributed by atoms with Crippen LogP contribution in [0.5, 0.6) is 0 Å². The highest BCUT2D eigenvalue weighted by Gasteiger charge is 2.12. The standard InChI is InChI=1S/C12H18N4O2/c1-7(13)11(17)15-8(2)9-3-5-10(6-4-9)16-12(14)18/h3-8H,13H2,1-2H3,(H,15,17)(H3,14,16,18)/t7-,8?/m0/s1. The van der Waals surface area contributed by atoms with Crippen LogP contribution >= 0.6 is 0 Å². The van der Waals surface area contributed by atoms with Crippen molar-refractivity contribution in [1.29, 1.82) is 0 Å². The van der Waals surface area contributed by atoms with E-state index in [0.717, 1.165) is 5.56 Å². The molecule has 18 heavy (non-hydrogen) atoms. The lowest BCUT2D eigenvalue weighted by Gasteiger charge is -2.16. The first-order valence-corrected chi connectivity index (χ1v) is 5.62. The molecule has 1 unspecified atom stereocenters. The molecular weight excluding hydrogens is 232 g/mol. The first kappa shape index (κ1) is 14.0. The van der Waals surface area contributed by atoms with E-state index in [-0.39, 0.29) is 11.9 Å². The molecule has 2 atom stereocenters. The van der Waals surface area contributed by atoms with E-state index in [0.29, 0.717) is 5.69 Å². The summed E-state index contributed by atoms with van der Waals surface area (Å²) in [4.78, 5) is 22.1. The molecule has 1 rings (SSSR count). The van der Waals surface area contributed by atoms with Crippen LogP contribution in [0.2, 0.25) is 0 Å². The van der Waals surface area contributed by atoms with Gasteiger partial charge >= 0.3 is 6.03 Å². The normalized spacial score (nSPS) is 13.5. The highest BCUT2D eigenvalue weighted by molar-refractivity contribution is 5.87. The Kier molecular flexibility index (Phi) is 4.67. The molecule has 6 nitrogen and oxygen atoms in total. The summed E-state index contributed by atoms with van der Waals surface area (Å²) >= 11 is 0. The minimum atomic E-state index is -0.610. The Morgan fingerprint density at radius 1 is 1.17 bits per heavy atom. The molecule has 6 N–H and O–H groups in total. The Morgan fingerprint density at radius 3 is 2.17 bits per heavy atom. The summed E-state index contributed by atoms with van der Waals surface area (Å²) in [6.07, 6.45) is 0. The van der Waals surface area contributed by atoms with Gasteiger partial charge < -0.3 is 22.1 Å². The number of hydrogen-bond acceptors (Lipinski definition) is 3. The summed E-state index contributed by atoms with van der Waals surface area (Å²) in [6, 6.07) is 5.74. The first-order chi connectivity index (χ1) is 8.40. The van der Waals surface area contributed by atoms with Crippen molar-refractivity contribution < 1.29 is 9.59 Å². The maximum Gasteiger partial charge on any atom is 0.316 e. The molecule has 0 bridgehead atoms. The van der Waals surface area contributed by atoms with Crippen LogP contribution in [0, 0.1) is 0 Å². The Labute approximate surface area is 106 Å². The fourth-order valence-corrected chi connectivity index (χ4v) is 1.43. The topological polar surface area (TPSA) is 110 Å². The summed E-state index contributed by atoms with van der Waals surface area (Å²) in [5.74, 6) is -0.207. The zero-order valence-electron chi connectivity index (χ0n) is 10.4. The fraction of sp³-hybridized carbons (Fsp3) is 0.333. The summed E-state index contributed by atoms with van der Waals surface area (Å²) in [5.41, 5.74) is 12.0. The van der Waals surface area contributed by atoms with E-state index in [9.17, 15) is 9.59 Å². The number of benzene rings is 1. The number of hydrogen-bond donors (Lipinski definition) is 4. The van der Waals surface area contributed by atoms with Crippen molar-refractivity contribution in [3.05, 3.63) is 29.8 Å². The van der Waals surface area contributed by atoms with Gasteiger partial charge in [-0.1, -0.05) is 12.1 Å². The van der Waals surface area contributed by atoms with E-state index < -0.39 is 12.1 Å². The molecular formula is C12H18N4O2. The zero-order chi connectivity index (χ0) is 13.7. The highest BCUT2D eigenvalue weighted by Crippen LogP contribution is 2.15. The van der Waals surface area contributed by atoms with Crippen LogP contribution in [-0.2, 0) is 4.79 Å². The van der Waals surface area contributed by atoms with Crippen LogP contribution in [0.15, 0.2) is 24.3 Å². The van der Waals surface area contributed by atoms with E-state index in [1.54, 1.807) is 31.2 Å². The van der Waals surface area contributed by atoms with Crippen molar-refractivity contribution in [2.75, 3.05) is 5.32 Å². The number of carbonyl (C=O) groups is 2. The van der Waals surface area contributed by atoms with E-state index in [2.05, 4.69) is 10.6 Å². The number of nitrogens with one attached hydrogen (secondary N) is 2. The smallest absolute Gasteiger partial charge is 0.316 e. The van der Waals surface area contributed by atoms with Crippen molar-refractivity contribution in [2.24, 2.45) is 11.5 Å². The molecule has 0 fully saturated rings. The lowest BCUT2D eigenvalue weighted by molar-refractivity contribution is -0.122. The lowest BCUT2D eigenvalue weighted by Crippen LogP contribution is -2.39. The second-order valence-electron chi connectivity index (χ2n) is 4.13. The van der Waals surface area contributed by atoms with Crippen LogP contribution in [-0.4, -0.2) is 18.0 Å². The third-order valence-electron chi connectivity index (χ3n) is 2.45. The molecule has 98 valence electrons. The van der Waals surface area contributed by atoms with E-state index in [4.69, 9.17) is 11.5 Å². The molecule has 0 aliphatic rings. The molecule has 0 heterocycles. The van der Waals surface area contributed by atoms with Gasteiger partial charge in [-0.3, -0.25) is 4.79 Å². The van der Waals surface area contributed by atoms with E-state index in [1.807, 2.05) is 6.92 Å². The van der Waals surface area contributed by atoms with Gasteiger partial charge in [-0.05, 0) is 31.5 Å². The number of primary amides is 1. The molecule has 0 saturated carbocycles. The molecule has 0 spiro atoms. The summed E-state index contributed by atoms with van der Waals surface area (Å²) in [7, 11) is 0. The van der Waals surface area contributed by atoms with Gasteiger partial charge in [0.1, 0.15) is 0 Å². The third-order valence-corrected chi connectivity index (χ3v) is 2.45. The first-order valence-electron chi connectivity index (χ1n) is 5.62. The number of amides is 3. The second kappa shape index (κ2) is 6.02. The SMILES string of the molecule is CC(NC(=O)[C@H](C)N)c1ccc(NC(N)=O)cc1. The van der Waals surface area contributed by atoms with Gasteiger partial charge in [-0.15, -0.1) is 0 Å². The van der Waals surface area contributed by atoms with Crippen LogP contribution < -0.4 is 22.1 Å². The van der Waals surface area contributed by atoms with Crippen molar-refractivity contribution >= 4 is 17.6 Å². The van der Waals surface area contributed by atoms with Crippen molar-refractivity contribution in [3.8, 4) is 0 Å². The summed E-state index contributed by atoms with van der Waals surface area (Å²) in [5, 5.41) is 5.24. The molecule has 3 amide bonds. The molecule has 0 radical (unpaired) electrons. The Morgan fingerprint density at radius 2 is 1.72 bits per heavy atom. The lowest BCUT2D eigenvalue weighted by atomic mass is 10.1. The van der Waals surface area contributed by atoms with Gasteiger partial charge in [-0.25, -0.2) is 4.79 Å². The molecule has 1 aromatic carbocycles. The second-order valence-corrected chi connectivity index (χ2v) is 4.13. The Bertz CT molecular complexity index is 428. The molecule has 0 aromatic heterocycles. The predicted octanol–water partition coefficient (Wildman–Crippen LogP) is 0.702. The van der Waals surface area contributed by atoms with Crippen LogP contribution in [0.25, 0.3) is 0 Å². The fourth-order valence-electron chi connectivity index (χ4n) is 1.43.